The fourth-order valence-electron chi connectivity index (χ4n) is 2.88. The van der Waals surface area contributed by atoms with Crippen LogP contribution in [0.2, 0.25) is 0 Å². The molecule has 5 heteroatoms. The van der Waals surface area contributed by atoms with Crippen LogP contribution in [0.15, 0.2) is 88.2 Å². The van der Waals surface area contributed by atoms with Crippen LogP contribution >= 0.6 is 0 Å². The van der Waals surface area contributed by atoms with Crippen molar-refractivity contribution in [2.75, 3.05) is 11.9 Å². The molecule has 0 aliphatic heterocycles. The number of likely N-dealkylation sites (N-methyl/N-ethyl adjacent to an activating group) is 1. The molecule has 4 nitrogen and oxygen atoms in total. The minimum Gasteiger partial charge on any atom is -0.332 e. The lowest BCUT2D eigenvalue weighted by atomic mass is 10.1. The summed E-state index contributed by atoms with van der Waals surface area (Å²) >= 11 is 0. The average molecular weight is 393 g/mol. The molecular weight excluding hydrogens is 368 g/mol. The lowest BCUT2D eigenvalue weighted by Crippen LogP contribution is -2.29. The molecule has 0 spiro atoms. The molecule has 0 saturated heterocycles. The molecule has 0 fully saturated rings. The van der Waals surface area contributed by atoms with E-state index in [1.165, 1.54) is 0 Å². The predicted octanol–water partition coefficient (Wildman–Crippen LogP) is 4.77. The summed E-state index contributed by atoms with van der Waals surface area (Å²) in [6.07, 6.45) is 0.413. The van der Waals surface area contributed by atoms with Crippen molar-refractivity contribution < 1.29 is 8.42 Å². The summed E-state index contributed by atoms with van der Waals surface area (Å²) in [5.74, 6) is 0.470. The Morgan fingerprint density at radius 2 is 1.54 bits per heavy atom. The first-order valence-electron chi connectivity index (χ1n) is 9.10. The summed E-state index contributed by atoms with van der Waals surface area (Å²) in [5, 5.41) is 0. The van der Waals surface area contributed by atoms with E-state index < -0.39 is 10.0 Å². The molecule has 0 saturated carbocycles. The van der Waals surface area contributed by atoms with Crippen LogP contribution in [0.3, 0.4) is 0 Å². The van der Waals surface area contributed by atoms with E-state index in [1.54, 1.807) is 24.3 Å². The van der Waals surface area contributed by atoms with Crippen molar-refractivity contribution in [2.24, 2.45) is 4.40 Å². The Kier molecular flexibility index (Phi) is 5.95. The number of amidine groups is 1. The molecule has 28 heavy (non-hydrogen) atoms. The minimum absolute atomic E-state index is 0.196. The zero-order valence-corrected chi connectivity index (χ0v) is 17.1. The molecule has 0 bridgehead atoms. The van der Waals surface area contributed by atoms with Crippen molar-refractivity contribution in [3.05, 3.63) is 95.6 Å². The molecule has 3 rings (SSSR count). The van der Waals surface area contributed by atoms with E-state index in [0.29, 0.717) is 12.3 Å². The van der Waals surface area contributed by atoms with Gasteiger partial charge in [-0.3, -0.25) is 0 Å². The van der Waals surface area contributed by atoms with Gasteiger partial charge in [-0.05, 0) is 49.2 Å². The summed E-state index contributed by atoms with van der Waals surface area (Å²) in [6.45, 7) is 3.93. The lowest BCUT2D eigenvalue weighted by molar-refractivity contribution is 0.598. The second-order valence-electron chi connectivity index (χ2n) is 6.86. The standard InChI is InChI=1S/C23H24N2O2S/c1-18-12-14-22(15-13-18)28(26,27)24-23(17-20-9-5-4-6-10-20)25(3)21-11-7-8-19(2)16-21/h4-16H,17H2,1-3H3/b24-23+. The highest BCUT2D eigenvalue weighted by Gasteiger charge is 2.18. The highest BCUT2D eigenvalue weighted by molar-refractivity contribution is 7.90. The average Bonchev–Trinajstić information content (AvgIpc) is 2.68. The maximum atomic E-state index is 12.9. The largest absolute Gasteiger partial charge is 0.332 e. The van der Waals surface area contributed by atoms with Crippen LogP contribution < -0.4 is 4.90 Å². The zero-order chi connectivity index (χ0) is 20.1. The van der Waals surface area contributed by atoms with Crippen molar-refractivity contribution in [1.29, 1.82) is 0 Å². The van der Waals surface area contributed by atoms with Crippen molar-refractivity contribution in [2.45, 2.75) is 25.2 Å². The summed E-state index contributed by atoms with van der Waals surface area (Å²) < 4.78 is 30.1. The maximum absolute atomic E-state index is 12.9. The first-order chi connectivity index (χ1) is 13.3. The van der Waals surface area contributed by atoms with Gasteiger partial charge in [0.1, 0.15) is 5.84 Å². The zero-order valence-electron chi connectivity index (χ0n) is 16.3. The van der Waals surface area contributed by atoms with Gasteiger partial charge in [-0.25, -0.2) is 0 Å². The van der Waals surface area contributed by atoms with Crippen LogP contribution in [0.4, 0.5) is 5.69 Å². The highest BCUT2D eigenvalue weighted by Crippen LogP contribution is 2.20. The molecule has 0 aliphatic carbocycles. The van der Waals surface area contributed by atoms with Crippen LogP contribution in [-0.2, 0) is 16.4 Å². The van der Waals surface area contributed by atoms with E-state index in [-0.39, 0.29) is 4.90 Å². The molecule has 3 aromatic rings. The number of rotatable bonds is 5. The molecule has 0 N–H and O–H groups in total. The molecule has 144 valence electrons. The number of hydrogen-bond donors (Lipinski definition) is 0. The van der Waals surface area contributed by atoms with Crippen LogP contribution in [0.25, 0.3) is 0 Å². The third kappa shape index (κ3) is 4.87. The number of anilines is 1. The molecule has 3 aromatic carbocycles. The molecule has 0 atom stereocenters. The summed E-state index contributed by atoms with van der Waals surface area (Å²) in [6, 6.07) is 24.4. The molecule has 0 unspecified atom stereocenters. The Balaban J connectivity index is 2.04. The van der Waals surface area contributed by atoms with E-state index >= 15 is 0 Å². The minimum atomic E-state index is -3.81. The Morgan fingerprint density at radius 1 is 0.857 bits per heavy atom. The maximum Gasteiger partial charge on any atom is 0.283 e. The van der Waals surface area contributed by atoms with Gasteiger partial charge in [0.2, 0.25) is 0 Å². The van der Waals surface area contributed by atoms with Crippen LogP contribution in [-0.4, -0.2) is 21.3 Å². The second kappa shape index (κ2) is 8.40. The van der Waals surface area contributed by atoms with Crippen molar-refractivity contribution >= 4 is 21.5 Å². The van der Waals surface area contributed by atoms with Gasteiger partial charge < -0.3 is 4.90 Å². The van der Waals surface area contributed by atoms with Crippen molar-refractivity contribution in [3.63, 3.8) is 0 Å². The third-order valence-electron chi connectivity index (χ3n) is 4.53. The molecule has 0 heterocycles. The first-order valence-corrected chi connectivity index (χ1v) is 10.5. The van der Waals surface area contributed by atoms with Crippen molar-refractivity contribution in [3.8, 4) is 0 Å². The van der Waals surface area contributed by atoms with E-state index in [9.17, 15) is 8.42 Å². The fraction of sp³-hybridized carbons (Fsp3) is 0.174. The van der Waals surface area contributed by atoms with E-state index in [4.69, 9.17) is 0 Å². The van der Waals surface area contributed by atoms with E-state index in [0.717, 1.165) is 22.4 Å². The van der Waals surface area contributed by atoms with Crippen LogP contribution in [0.1, 0.15) is 16.7 Å². The number of nitrogens with zero attached hydrogens (tertiary/aromatic N) is 2. The first kappa shape index (κ1) is 19.8. The van der Waals surface area contributed by atoms with Gasteiger partial charge in [0.15, 0.2) is 0 Å². The normalized spacial score (nSPS) is 12.0. The van der Waals surface area contributed by atoms with Gasteiger partial charge in [-0.15, -0.1) is 4.40 Å². The monoisotopic (exact) mass is 392 g/mol. The van der Waals surface area contributed by atoms with Gasteiger partial charge >= 0.3 is 0 Å². The smallest absolute Gasteiger partial charge is 0.283 e. The van der Waals surface area contributed by atoms with Gasteiger partial charge in [0, 0.05) is 19.2 Å². The number of hydrogen-bond acceptors (Lipinski definition) is 2. The van der Waals surface area contributed by atoms with Gasteiger partial charge in [0.25, 0.3) is 10.0 Å². The summed E-state index contributed by atoms with van der Waals surface area (Å²) in [5.41, 5.74) is 4.00. The number of sulfonamides is 1. The van der Waals surface area contributed by atoms with Gasteiger partial charge in [-0.2, -0.15) is 8.42 Å². The SMILES string of the molecule is Cc1ccc(S(=O)(=O)/N=C(\Cc2ccccc2)N(C)c2cccc(C)c2)cc1. The second-order valence-corrected chi connectivity index (χ2v) is 8.46. The topological polar surface area (TPSA) is 49.7 Å². The number of aryl methyl sites for hydroxylation is 2. The molecule has 0 aliphatic rings. The number of benzene rings is 3. The Hall–Kier alpha value is -2.92. The molecule has 0 amide bonds. The van der Waals surface area contributed by atoms with Gasteiger partial charge in [0.05, 0.1) is 4.90 Å². The Morgan fingerprint density at radius 3 is 2.18 bits per heavy atom. The van der Waals surface area contributed by atoms with Gasteiger partial charge in [-0.1, -0.05) is 60.2 Å². The Bertz CT molecular complexity index is 1070. The molecular formula is C23H24N2O2S. The summed E-state index contributed by atoms with van der Waals surface area (Å²) in [4.78, 5) is 2.03. The predicted molar refractivity (Wildman–Crippen MR) is 116 cm³/mol. The third-order valence-corrected chi connectivity index (χ3v) is 5.84. The van der Waals surface area contributed by atoms with E-state index in [1.807, 2.05) is 80.4 Å². The lowest BCUT2D eigenvalue weighted by Gasteiger charge is -2.22. The van der Waals surface area contributed by atoms with Crippen LogP contribution in [0, 0.1) is 13.8 Å². The molecule has 0 radical (unpaired) electrons. The Labute approximate surface area is 167 Å². The van der Waals surface area contributed by atoms with E-state index in [2.05, 4.69) is 4.40 Å². The highest BCUT2D eigenvalue weighted by atomic mass is 32.2. The summed E-state index contributed by atoms with van der Waals surface area (Å²) in [7, 11) is -1.96. The van der Waals surface area contributed by atoms with Crippen molar-refractivity contribution in [1.82, 2.24) is 0 Å². The molecule has 0 aromatic heterocycles. The fourth-order valence-corrected chi connectivity index (χ4v) is 3.93. The quantitative estimate of drug-likeness (QED) is 0.464. The van der Waals surface area contributed by atoms with Crippen LogP contribution in [0.5, 0.6) is 0 Å².